The van der Waals surface area contributed by atoms with Crippen LogP contribution in [0.4, 0.5) is 13.2 Å². The molecule has 2 rings (SSSR count). The molecule has 7 nitrogen and oxygen atoms in total. The van der Waals surface area contributed by atoms with Gasteiger partial charge in [-0.15, -0.1) is 0 Å². The average molecular weight is 538 g/mol. The van der Waals surface area contributed by atoms with Crippen LogP contribution in [-0.4, -0.2) is 48.6 Å². The number of nitrogens with two attached hydrogens (primary N) is 1. The number of halogens is 4. The van der Waals surface area contributed by atoms with Crippen molar-refractivity contribution in [3.05, 3.63) is 64.2 Å². The van der Waals surface area contributed by atoms with E-state index < -0.39 is 26.8 Å². The number of benzene rings is 2. The molecule has 13 heteroatoms. The third-order valence-electron chi connectivity index (χ3n) is 4.25. The molecule has 2 aromatic rings. The molecule has 4 N–H and O–H groups in total. The maximum Gasteiger partial charge on any atom is 0.419 e. The minimum atomic E-state index is -4.65. The van der Waals surface area contributed by atoms with E-state index in [-0.39, 0.29) is 36.1 Å². The second kappa shape index (κ2) is 14.5. The van der Waals surface area contributed by atoms with Crippen molar-refractivity contribution in [1.29, 1.82) is 0 Å². The Kier molecular flexibility index (Phi) is 12.1. The Morgan fingerprint density at radius 1 is 1.21 bits per heavy atom. The van der Waals surface area contributed by atoms with E-state index >= 15 is 0 Å². The van der Waals surface area contributed by atoms with Crippen molar-refractivity contribution < 1.29 is 32.1 Å². The highest BCUT2D eigenvalue weighted by atomic mass is 35.5. The highest BCUT2D eigenvalue weighted by molar-refractivity contribution is 7.80. The monoisotopic (exact) mass is 537 g/mol. The first-order valence-corrected chi connectivity index (χ1v) is 11.6. The summed E-state index contributed by atoms with van der Waals surface area (Å²) in [6.45, 7) is 0.501. The summed E-state index contributed by atoms with van der Waals surface area (Å²) < 4.78 is 56.1. The summed E-state index contributed by atoms with van der Waals surface area (Å²) in [6, 6.07) is 10.2. The second-order valence-electron chi connectivity index (χ2n) is 6.83. The van der Waals surface area contributed by atoms with Crippen LogP contribution in [0.15, 0.2) is 47.6 Å². The molecule has 0 fully saturated rings. The smallest absolute Gasteiger partial charge is 0.419 e. The second-order valence-corrected chi connectivity index (χ2v) is 8.15. The Bertz CT molecular complexity index is 952. The Morgan fingerprint density at radius 3 is 2.62 bits per heavy atom. The Labute approximate surface area is 207 Å². The molecule has 186 valence electrons. The van der Waals surface area contributed by atoms with E-state index in [0.717, 1.165) is 11.6 Å². The third-order valence-corrected chi connectivity index (χ3v) is 5.13. The number of hydrogen-bond acceptors (Lipinski definition) is 7. The fraction of sp³-hybridized carbons (Fsp3) is 0.333. The summed E-state index contributed by atoms with van der Waals surface area (Å²) in [5.41, 5.74) is 8.29. The third kappa shape index (κ3) is 10.2. The number of nitrogens with zero attached hydrogens (tertiary/aromatic N) is 1. The summed E-state index contributed by atoms with van der Waals surface area (Å²) in [7, 11) is -0.705. The summed E-state index contributed by atoms with van der Waals surface area (Å²) >= 11 is 10.9. The molecular formula is C21H24ClF3N3O4PS. The molecule has 0 aromatic heterocycles. The largest absolute Gasteiger partial charge is 0.491 e. The fourth-order valence-electron chi connectivity index (χ4n) is 2.61. The molecular weight excluding hydrogens is 514 g/mol. The summed E-state index contributed by atoms with van der Waals surface area (Å²) in [4.78, 5) is 8.56. The first-order valence-electron chi connectivity index (χ1n) is 9.97. The molecule has 2 unspecified atom stereocenters. The molecule has 0 spiro atoms. The van der Waals surface area contributed by atoms with Gasteiger partial charge in [0.2, 0.25) is 0 Å². The predicted molar refractivity (Wildman–Crippen MR) is 131 cm³/mol. The molecule has 0 bridgehead atoms. The number of rotatable bonds is 13. The van der Waals surface area contributed by atoms with E-state index in [4.69, 9.17) is 48.4 Å². The molecule has 0 amide bonds. The number of ether oxygens (including phenoxy) is 2. The van der Waals surface area contributed by atoms with Gasteiger partial charge in [-0.1, -0.05) is 36.0 Å². The van der Waals surface area contributed by atoms with Crippen molar-refractivity contribution in [2.75, 3.05) is 26.4 Å². The lowest BCUT2D eigenvalue weighted by Crippen LogP contribution is -2.28. The van der Waals surface area contributed by atoms with Crippen LogP contribution in [0.2, 0.25) is 5.02 Å². The molecule has 2 aromatic carbocycles. The maximum absolute atomic E-state index is 13.5. The van der Waals surface area contributed by atoms with Crippen molar-refractivity contribution >= 4 is 44.1 Å². The Morgan fingerprint density at radius 2 is 1.94 bits per heavy atom. The van der Waals surface area contributed by atoms with Gasteiger partial charge in [0.1, 0.15) is 17.3 Å². The first kappa shape index (κ1) is 28.4. The highest BCUT2D eigenvalue weighted by Gasteiger charge is 2.35. The topological polar surface area (TPSA) is 98.3 Å². The number of hydrazone groups is 1. The van der Waals surface area contributed by atoms with Crippen molar-refractivity contribution in [2.24, 2.45) is 10.8 Å². The van der Waals surface area contributed by atoms with Gasteiger partial charge in [-0.3, -0.25) is 5.43 Å². The van der Waals surface area contributed by atoms with Crippen LogP contribution in [0, 0.1) is 0 Å². The molecule has 2 atom stereocenters. The van der Waals surface area contributed by atoms with Crippen LogP contribution in [0.3, 0.4) is 0 Å². The lowest BCUT2D eigenvalue weighted by atomic mass is 10.1. The van der Waals surface area contributed by atoms with Crippen molar-refractivity contribution in [3.63, 3.8) is 0 Å². The van der Waals surface area contributed by atoms with E-state index in [2.05, 4.69) is 10.5 Å². The van der Waals surface area contributed by atoms with E-state index in [0.29, 0.717) is 18.1 Å². The van der Waals surface area contributed by atoms with E-state index in [1.54, 1.807) is 12.1 Å². The van der Waals surface area contributed by atoms with E-state index in [1.165, 1.54) is 18.3 Å². The maximum atomic E-state index is 13.5. The van der Waals surface area contributed by atoms with Crippen LogP contribution in [0.1, 0.15) is 16.7 Å². The zero-order valence-electron chi connectivity index (χ0n) is 17.8. The molecule has 0 aliphatic heterocycles. The lowest BCUT2D eigenvalue weighted by Gasteiger charge is -2.16. The van der Waals surface area contributed by atoms with E-state index in [9.17, 15) is 13.2 Å². The molecule has 0 saturated carbocycles. The molecule has 0 heterocycles. The number of alkyl halides is 3. The van der Waals surface area contributed by atoms with Crippen LogP contribution < -0.4 is 15.9 Å². The molecule has 0 saturated heterocycles. The summed E-state index contributed by atoms with van der Waals surface area (Å²) in [6.07, 6.45) is -2.74. The van der Waals surface area contributed by atoms with Gasteiger partial charge in [0.25, 0.3) is 0 Å². The van der Waals surface area contributed by atoms with Gasteiger partial charge in [0, 0.05) is 16.8 Å². The molecule has 0 aliphatic carbocycles. The molecule has 0 radical (unpaired) electrons. The zero-order valence-corrected chi connectivity index (χ0v) is 20.4. The average Bonchev–Trinajstić information content (AvgIpc) is 2.80. The number of thiocarbonyl (C=S) groups is 1. The van der Waals surface area contributed by atoms with Crippen molar-refractivity contribution in [1.82, 2.24) is 5.43 Å². The van der Waals surface area contributed by atoms with Gasteiger partial charge < -0.3 is 24.6 Å². The van der Waals surface area contributed by atoms with Crippen LogP contribution in [-0.2, 0) is 21.9 Å². The van der Waals surface area contributed by atoms with Gasteiger partial charge in [-0.2, -0.15) is 18.3 Å². The Balaban J connectivity index is 1.87. The van der Waals surface area contributed by atoms with Gasteiger partial charge in [0.05, 0.1) is 31.4 Å². The Hall–Kier alpha value is -1.85. The summed E-state index contributed by atoms with van der Waals surface area (Å²) in [5, 5.41) is 4.43. The van der Waals surface area contributed by atoms with Crippen LogP contribution in [0.25, 0.3) is 0 Å². The molecule has 0 aliphatic rings. The first-order chi connectivity index (χ1) is 16.2. The van der Waals surface area contributed by atoms with Crippen molar-refractivity contribution in [2.45, 2.75) is 18.6 Å². The summed E-state index contributed by atoms with van der Waals surface area (Å²) in [5.74, 6) is -0.326. The minimum Gasteiger partial charge on any atom is -0.491 e. The zero-order chi connectivity index (χ0) is 25.0. The fourth-order valence-corrected chi connectivity index (χ4v) is 3.18. The standard InChI is InChI=1S/C21H24ClF3N3O4PS/c22-16-4-1-14(2-5-16)7-8-30-9-10-31-19-6-3-15(11-18(19)21(23,24)25)20(34)28-27-12-17(26)13-32-33-29/h1-6,11-12,17,29,33H,7-10,13,26H2,(H,28,34)/b27-12+. The predicted octanol–water partition coefficient (Wildman–Crippen LogP) is 4.09. The van der Waals surface area contributed by atoms with Gasteiger partial charge >= 0.3 is 6.18 Å². The number of nitrogens with one attached hydrogen (secondary N) is 1. The number of hydrogen-bond donors (Lipinski definition) is 3. The van der Waals surface area contributed by atoms with Gasteiger partial charge in [0.15, 0.2) is 9.03 Å². The van der Waals surface area contributed by atoms with Crippen LogP contribution >= 0.6 is 32.9 Å². The lowest BCUT2D eigenvalue weighted by molar-refractivity contribution is -0.139. The minimum absolute atomic E-state index is 0.0297. The van der Waals surface area contributed by atoms with Gasteiger partial charge in [-0.05, 0) is 42.3 Å². The van der Waals surface area contributed by atoms with Crippen molar-refractivity contribution in [3.8, 4) is 5.75 Å². The van der Waals surface area contributed by atoms with Gasteiger partial charge in [-0.25, -0.2) is 0 Å². The molecule has 34 heavy (non-hydrogen) atoms. The highest BCUT2D eigenvalue weighted by Crippen LogP contribution is 2.37. The van der Waals surface area contributed by atoms with E-state index in [1.807, 2.05) is 12.1 Å². The van der Waals surface area contributed by atoms with Crippen LogP contribution in [0.5, 0.6) is 5.75 Å². The SMILES string of the molecule is NC(/C=N/NC(=S)c1ccc(OCCOCCc2ccc(Cl)cc2)c(C(F)(F)F)c1)COPO. The quantitative estimate of drug-likeness (QED) is 0.116. The normalized spacial score (nSPS) is 13.0.